The molecule has 4 heterocycles. The first kappa shape index (κ1) is 40.7. The summed E-state index contributed by atoms with van der Waals surface area (Å²) < 4.78 is 5.80. The number of benzene rings is 5. The highest BCUT2D eigenvalue weighted by atomic mass is 32.1. The topological polar surface area (TPSA) is 6.48 Å². The first-order valence-corrected chi connectivity index (χ1v) is 24.5. The van der Waals surface area contributed by atoms with Crippen molar-refractivity contribution in [1.82, 2.24) is 0 Å². The van der Waals surface area contributed by atoms with Gasteiger partial charge in [0.25, 0.3) is 6.71 Å². The van der Waals surface area contributed by atoms with Crippen LogP contribution in [0.1, 0.15) is 149 Å². The van der Waals surface area contributed by atoms with E-state index in [1.54, 1.807) is 0 Å². The molecular formula is C56H63BN2S2. The third-order valence-corrected chi connectivity index (χ3v) is 16.6. The molecule has 0 saturated heterocycles. The molecule has 0 atom stereocenters. The molecule has 3 aliphatic rings. The van der Waals surface area contributed by atoms with Gasteiger partial charge in [-0.25, -0.2) is 0 Å². The highest BCUT2D eigenvalue weighted by Gasteiger charge is 2.48. The zero-order valence-electron chi connectivity index (χ0n) is 38.6. The van der Waals surface area contributed by atoms with Gasteiger partial charge in [0.1, 0.15) is 0 Å². The molecule has 0 amide bonds. The van der Waals surface area contributed by atoms with Crippen LogP contribution in [0.4, 0.5) is 34.1 Å². The summed E-state index contributed by atoms with van der Waals surface area (Å²) in [5, 5.41) is 2.75. The standard InChI is InChI=1S/C56H63BN2S2/c1-53(2,3)36-24-28-38(29-25-36)58-44-32-35(34-18-14-13-15-19-34)33-45-46(44)57(51-47(58)40-20-16-22-42(49(40)60-51)55(7,8)9)52-48(41-21-17-23-43(50(41)61-52)56(10,11)12)59(45)39-30-26-37(27-31-39)54(4,5)6/h16-17,20-34H,13-15,18-19H2,1-12H3. The number of hydrogen-bond acceptors (Lipinski definition) is 4. The number of thiophene rings is 2. The first-order chi connectivity index (χ1) is 28.8. The van der Waals surface area contributed by atoms with Crippen LogP contribution in [0.5, 0.6) is 0 Å². The van der Waals surface area contributed by atoms with Crippen LogP contribution in [-0.2, 0) is 21.7 Å². The third kappa shape index (κ3) is 6.62. The van der Waals surface area contributed by atoms with E-state index in [0.717, 1.165) is 0 Å². The van der Waals surface area contributed by atoms with Crippen LogP contribution in [0, 0.1) is 0 Å². The van der Waals surface area contributed by atoms with Gasteiger partial charge in [-0.1, -0.05) is 163 Å². The summed E-state index contributed by atoms with van der Waals surface area (Å²) in [5.41, 5.74) is 16.6. The average Bonchev–Trinajstić information content (AvgIpc) is 3.79. The lowest BCUT2D eigenvalue weighted by atomic mass is 9.39. The third-order valence-electron chi connectivity index (χ3n) is 14.0. The lowest BCUT2D eigenvalue weighted by Gasteiger charge is -2.43. The fourth-order valence-electron chi connectivity index (χ4n) is 10.6. The lowest BCUT2D eigenvalue weighted by Crippen LogP contribution is -2.59. The van der Waals surface area contributed by atoms with Crippen molar-refractivity contribution in [2.24, 2.45) is 0 Å². The summed E-state index contributed by atoms with van der Waals surface area (Å²) in [5.74, 6) is 0.546. The Hall–Kier alpha value is -4.32. The van der Waals surface area contributed by atoms with Gasteiger partial charge in [0, 0.05) is 52.5 Å². The quantitative estimate of drug-likeness (QED) is 0.164. The van der Waals surface area contributed by atoms with E-state index in [1.165, 1.54) is 129 Å². The van der Waals surface area contributed by atoms with E-state index in [9.17, 15) is 0 Å². The van der Waals surface area contributed by atoms with Crippen molar-refractivity contribution in [3.8, 4) is 0 Å². The van der Waals surface area contributed by atoms with Crippen molar-refractivity contribution >= 4 is 98.7 Å². The molecule has 1 aliphatic carbocycles. The monoisotopic (exact) mass is 838 g/mol. The van der Waals surface area contributed by atoms with Gasteiger partial charge < -0.3 is 9.80 Å². The SMILES string of the molecule is CC(C)(C)c1ccc(N2c3cc(C4CCCCC4)cc4c3B(c3sc5c(C(C)(C)C)cccc5c32)c2sc3c(C(C)(C)C)cccc3c2N4c2ccc(C(C)(C)C)cc2)cc1. The first-order valence-electron chi connectivity index (χ1n) is 22.9. The van der Waals surface area contributed by atoms with Gasteiger partial charge in [-0.3, -0.25) is 0 Å². The highest BCUT2D eigenvalue weighted by Crippen LogP contribution is 2.53. The molecule has 0 bridgehead atoms. The van der Waals surface area contributed by atoms with Crippen molar-refractivity contribution in [3.05, 3.63) is 125 Å². The molecule has 1 fully saturated rings. The molecule has 7 aromatic rings. The normalized spacial score (nSPS) is 16.0. The summed E-state index contributed by atoms with van der Waals surface area (Å²) >= 11 is 4.12. The van der Waals surface area contributed by atoms with Gasteiger partial charge >= 0.3 is 0 Å². The second-order valence-electron chi connectivity index (χ2n) is 22.5. The minimum absolute atomic E-state index is 0.00523. The number of fused-ring (bicyclic) bond motifs is 8. The van der Waals surface area contributed by atoms with Crippen LogP contribution in [0.2, 0.25) is 0 Å². The fraction of sp³-hybridized carbons (Fsp3) is 0.393. The Kier molecular flexibility index (Phi) is 9.41. The molecule has 2 aromatic heterocycles. The van der Waals surface area contributed by atoms with Crippen LogP contribution < -0.4 is 24.8 Å². The predicted molar refractivity (Wildman–Crippen MR) is 272 cm³/mol. The summed E-state index contributed by atoms with van der Waals surface area (Å²) in [7, 11) is 0. The van der Waals surface area contributed by atoms with E-state index in [2.05, 4.69) is 213 Å². The number of nitrogens with zero attached hydrogens (tertiary/aromatic N) is 2. The Morgan fingerprint density at radius 2 is 0.902 bits per heavy atom. The van der Waals surface area contributed by atoms with Crippen LogP contribution >= 0.6 is 22.7 Å². The maximum absolute atomic E-state index is 2.70. The maximum atomic E-state index is 2.70. The zero-order chi connectivity index (χ0) is 43.0. The van der Waals surface area contributed by atoms with Crippen LogP contribution in [0.15, 0.2) is 97.1 Å². The van der Waals surface area contributed by atoms with Crippen molar-refractivity contribution < 1.29 is 0 Å². The van der Waals surface area contributed by atoms with Crippen molar-refractivity contribution in [2.45, 2.75) is 143 Å². The molecule has 0 spiro atoms. The molecule has 10 rings (SSSR count). The molecular weight excluding hydrogens is 776 g/mol. The van der Waals surface area contributed by atoms with Gasteiger partial charge in [-0.15, -0.1) is 22.7 Å². The molecule has 0 radical (unpaired) electrons. The molecule has 5 heteroatoms. The van der Waals surface area contributed by atoms with Crippen molar-refractivity contribution in [3.63, 3.8) is 0 Å². The molecule has 0 N–H and O–H groups in total. The number of rotatable bonds is 3. The second-order valence-corrected chi connectivity index (χ2v) is 24.6. The van der Waals surface area contributed by atoms with Gasteiger partial charge in [0.2, 0.25) is 0 Å². The van der Waals surface area contributed by atoms with E-state index in [1.807, 2.05) is 0 Å². The van der Waals surface area contributed by atoms with E-state index >= 15 is 0 Å². The molecule has 312 valence electrons. The Morgan fingerprint density at radius 3 is 1.28 bits per heavy atom. The summed E-state index contributed by atoms with van der Waals surface area (Å²) in [6.45, 7) is 28.4. The summed E-state index contributed by atoms with van der Waals surface area (Å²) in [6.07, 6.45) is 6.46. The smallest absolute Gasteiger partial charge is 0.277 e. The summed E-state index contributed by atoms with van der Waals surface area (Å²) in [4.78, 5) is 5.41. The zero-order valence-corrected chi connectivity index (χ0v) is 40.3. The largest absolute Gasteiger partial charge is 0.310 e. The molecule has 61 heavy (non-hydrogen) atoms. The summed E-state index contributed by atoms with van der Waals surface area (Å²) in [6, 6.07) is 38.7. The minimum Gasteiger partial charge on any atom is -0.310 e. The lowest BCUT2D eigenvalue weighted by molar-refractivity contribution is 0.444. The van der Waals surface area contributed by atoms with Gasteiger partial charge in [-0.2, -0.15) is 0 Å². The number of anilines is 6. The van der Waals surface area contributed by atoms with E-state index in [4.69, 9.17) is 0 Å². The van der Waals surface area contributed by atoms with E-state index in [0.29, 0.717) is 5.92 Å². The van der Waals surface area contributed by atoms with E-state index < -0.39 is 0 Å². The Morgan fingerprint density at radius 1 is 0.492 bits per heavy atom. The van der Waals surface area contributed by atoms with E-state index in [-0.39, 0.29) is 28.4 Å². The molecule has 0 unspecified atom stereocenters. The van der Waals surface area contributed by atoms with Gasteiger partial charge in [-0.05, 0) is 110 Å². The van der Waals surface area contributed by atoms with Gasteiger partial charge in [0.05, 0.1) is 11.4 Å². The van der Waals surface area contributed by atoms with Crippen molar-refractivity contribution in [1.29, 1.82) is 0 Å². The molecule has 5 aromatic carbocycles. The highest BCUT2D eigenvalue weighted by molar-refractivity contribution is 7.41. The fourth-order valence-corrected chi connectivity index (χ4v) is 14.0. The predicted octanol–water partition coefficient (Wildman–Crippen LogP) is 15.4. The molecule has 1 saturated carbocycles. The number of hydrogen-bond donors (Lipinski definition) is 0. The Balaban J connectivity index is 1.36. The van der Waals surface area contributed by atoms with Crippen LogP contribution in [0.3, 0.4) is 0 Å². The average molecular weight is 839 g/mol. The van der Waals surface area contributed by atoms with Crippen LogP contribution in [-0.4, -0.2) is 6.71 Å². The van der Waals surface area contributed by atoms with Crippen LogP contribution in [0.25, 0.3) is 20.2 Å². The molecule has 2 nitrogen and oxygen atoms in total. The second kappa shape index (κ2) is 14.1. The van der Waals surface area contributed by atoms with Gasteiger partial charge in [0.15, 0.2) is 0 Å². The van der Waals surface area contributed by atoms with Crippen molar-refractivity contribution in [2.75, 3.05) is 9.80 Å². The maximum Gasteiger partial charge on any atom is 0.277 e. The Labute approximate surface area is 374 Å². The Bertz CT molecular complexity index is 2640. The minimum atomic E-state index is 0.00523. The molecule has 2 aliphatic heterocycles.